The summed E-state index contributed by atoms with van der Waals surface area (Å²) in [6.07, 6.45) is 5.15. The van der Waals surface area contributed by atoms with Gasteiger partial charge in [-0.3, -0.25) is 9.80 Å². The van der Waals surface area contributed by atoms with Crippen molar-refractivity contribution in [2.45, 2.75) is 58.5 Å². The van der Waals surface area contributed by atoms with Crippen molar-refractivity contribution in [2.24, 2.45) is 0 Å². The van der Waals surface area contributed by atoms with Crippen LogP contribution in [0.3, 0.4) is 0 Å². The molecule has 1 unspecified atom stereocenters. The van der Waals surface area contributed by atoms with Crippen molar-refractivity contribution in [3.8, 4) is 0 Å². The number of carbonyl (C=O) groups excluding carboxylic acids is 2. The molecule has 27 heavy (non-hydrogen) atoms. The van der Waals surface area contributed by atoms with E-state index in [-0.39, 0.29) is 18.0 Å². The highest BCUT2D eigenvalue weighted by atomic mass is 16.5. The van der Waals surface area contributed by atoms with Crippen LogP contribution in [0.15, 0.2) is 24.3 Å². The number of hydrogen-bond acceptors (Lipinski definition) is 5. The predicted octanol–water partition coefficient (Wildman–Crippen LogP) is 3.04. The number of aliphatic hydroxyl groups is 1. The van der Waals surface area contributed by atoms with Gasteiger partial charge in [-0.25, -0.2) is 9.80 Å². The smallest absolute Gasteiger partial charge is 0.337 e. The Hall–Kier alpha value is -1.92. The molecule has 0 heterocycles. The first-order valence-corrected chi connectivity index (χ1v) is 9.73. The second-order valence-electron chi connectivity index (χ2n) is 6.90. The third kappa shape index (κ3) is 8.54. The summed E-state index contributed by atoms with van der Waals surface area (Å²) in [5.41, 5.74) is 1.56. The molecule has 0 aliphatic carbocycles. The van der Waals surface area contributed by atoms with Crippen LogP contribution >= 0.6 is 0 Å². The number of rotatable bonds is 12. The Balaban J connectivity index is 2.50. The van der Waals surface area contributed by atoms with E-state index in [4.69, 9.17) is 4.74 Å². The maximum atomic E-state index is 12.0. The molecule has 1 rings (SSSR count). The van der Waals surface area contributed by atoms with Crippen LogP contribution in [0.25, 0.3) is 0 Å². The standard InChI is InChI=1S/C21H34N2O4/c1-5-6-7-8-20(25)14-15-22(3)23(17(2)24)16-13-18-9-11-19(12-10-18)21(26)27-4/h9-12,20,25H,5-8,13-16H2,1-4H3. The van der Waals surface area contributed by atoms with E-state index in [2.05, 4.69) is 6.92 Å². The summed E-state index contributed by atoms with van der Waals surface area (Å²) in [5, 5.41) is 13.7. The number of amides is 1. The van der Waals surface area contributed by atoms with Gasteiger partial charge in [-0.1, -0.05) is 38.3 Å². The van der Waals surface area contributed by atoms with E-state index in [0.29, 0.717) is 31.5 Å². The lowest BCUT2D eigenvalue weighted by Gasteiger charge is -2.31. The number of methoxy groups -OCH3 is 1. The zero-order valence-corrected chi connectivity index (χ0v) is 17.1. The van der Waals surface area contributed by atoms with Gasteiger partial charge in [-0.05, 0) is 37.0 Å². The Kier molecular flexibility index (Phi) is 10.7. The Morgan fingerprint density at radius 2 is 1.78 bits per heavy atom. The van der Waals surface area contributed by atoms with Crippen LogP contribution in [0.4, 0.5) is 0 Å². The van der Waals surface area contributed by atoms with Crippen LogP contribution in [-0.2, 0) is 16.0 Å². The molecule has 0 fully saturated rings. The summed E-state index contributed by atoms with van der Waals surface area (Å²) < 4.78 is 4.70. The Morgan fingerprint density at radius 3 is 2.33 bits per heavy atom. The van der Waals surface area contributed by atoms with Gasteiger partial charge in [0, 0.05) is 27.1 Å². The first-order valence-electron chi connectivity index (χ1n) is 9.73. The van der Waals surface area contributed by atoms with Gasteiger partial charge >= 0.3 is 5.97 Å². The molecule has 1 aromatic carbocycles. The minimum absolute atomic E-state index is 0.0239. The van der Waals surface area contributed by atoms with Gasteiger partial charge in [-0.15, -0.1) is 0 Å². The van der Waals surface area contributed by atoms with E-state index in [9.17, 15) is 14.7 Å². The minimum Gasteiger partial charge on any atom is -0.465 e. The van der Waals surface area contributed by atoms with Crippen molar-refractivity contribution in [1.82, 2.24) is 10.0 Å². The van der Waals surface area contributed by atoms with Gasteiger partial charge in [0.25, 0.3) is 0 Å². The van der Waals surface area contributed by atoms with Gasteiger partial charge < -0.3 is 9.84 Å². The summed E-state index contributed by atoms with van der Waals surface area (Å²) in [7, 11) is 3.23. The molecule has 0 saturated heterocycles. The van der Waals surface area contributed by atoms with Crippen molar-refractivity contribution in [3.05, 3.63) is 35.4 Å². The molecule has 1 aromatic rings. The third-order valence-electron chi connectivity index (χ3n) is 4.69. The molecule has 1 amide bonds. The maximum absolute atomic E-state index is 12.0. The number of nitrogens with zero attached hydrogens (tertiary/aromatic N) is 2. The molecular weight excluding hydrogens is 344 g/mol. The Morgan fingerprint density at radius 1 is 1.11 bits per heavy atom. The first-order chi connectivity index (χ1) is 12.9. The normalized spacial score (nSPS) is 12.1. The lowest BCUT2D eigenvalue weighted by Crippen LogP contribution is -2.45. The lowest BCUT2D eigenvalue weighted by molar-refractivity contribution is -0.144. The number of unbranched alkanes of at least 4 members (excludes halogenated alkanes) is 2. The van der Waals surface area contributed by atoms with Crippen LogP contribution in [0, 0.1) is 0 Å². The van der Waals surface area contributed by atoms with Crippen molar-refractivity contribution in [1.29, 1.82) is 0 Å². The summed E-state index contributed by atoms with van der Waals surface area (Å²) >= 11 is 0. The number of ether oxygens (including phenoxy) is 1. The zero-order chi connectivity index (χ0) is 20.2. The zero-order valence-electron chi connectivity index (χ0n) is 17.1. The largest absolute Gasteiger partial charge is 0.465 e. The molecule has 0 saturated carbocycles. The number of hydrazine groups is 1. The number of benzene rings is 1. The summed E-state index contributed by atoms with van der Waals surface area (Å²) in [6, 6.07) is 7.22. The van der Waals surface area contributed by atoms with E-state index in [0.717, 1.165) is 31.2 Å². The highest BCUT2D eigenvalue weighted by Crippen LogP contribution is 2.10. The van der Waals surface area contributed by atoms with Crippen molar-refractivity contribution >= 4 is 11.9 Å². The molecular formula is C21H34N2O4. The number of hydrogen-bond donors (Lipinski definition) is 1. The van der Waals surface area contributed by atoms with Crippen LogP contribution < -0.4 is 0 Å². The minimum atomic E-state index is -0.357. The van der Waals surface area contributed by atoms with E-state index in [1.165, 1.54) is 7.11 Å². The van der Waals surface area contributed by atoms with Gasteiger partial charge in [0.15, 0.2) is 0 Å². The van der Waals surface area contributed by atoms with Crippen molar-refractivity contribution in [3.63, 3.8) is 0 Å². The molecule has 0 aromatic heterocycles. The average Bonchev–Trinajstić information content (AvgIpc) is 2.66. The van der Waals surface area contributed by atoms with E-state index >= 15 is 0 Å². The van der Waals surface area contributed by atoms with Crippen LogP contribution in [-0.4, -0.2) is 60.4 Å². The second kappa shape index (κ2) is 12.5. The highest BCUT2D eigenvalue weighted by Gasteiger charge is 2.16. The van der Waals surface area contributed by atoms with Crippen molar-refractivity contribution in [2.75, 3.05) is 27.2 Å². The molecule has 6 nitrogen and oxygen atoms in total. The van der Waals surface area contributed by atoms with E-state index in [1.807, 2.05) is 24.2 Å². The molecule has 0 aliphatic rings. The Labute approximate surface area is 163 Å². The molecule has 1 N–H and O–H groups in total. The topological polar surface area (TPSA) is 70.1 Å². The summed E-state index contributed by atoms with van der Waals surface area (Å²) in [5.74, 6) is -0.381. The van der Waals surface area contributed by atoms with E-state index in [1.54, 1.807) is 24.1 Å². The van der Waals surface area contributed by atoms with Crippen LogP contribution in [0.2, 0.25) is 0 Å². The predicted molar refractivity (Wildman–Crippen MR) is 106 cm³/mol. The molecule has 152 valence electrons. The molecule has 0 radical (unpaired) electrons. The fourth-order valence-corrected chi connectivity index (χ4v) is 2.96. The third-order valence-corrected chi connectivity index (χ3v) is 4.69. The number of aliphatic hydroxyl groups excluding tert-OH is 1. The summed E-state index contributed by atoms with van der Waals surface area (Å²) in [4.78, 5) is 23.5. The number of carbonyl (C=O) groups is 2. The fourth-order valence-electron chi connectivity index (χ4n) is 2.96. The van der Waals surface area contributed by atoms with Gasteiger partial charge in [-0.2, -0.15) is 0 Å². The molecule has 0 spiro atoms. The molecule has 1 atom stereocenters. The Bertz CT molecular complexity index is 574. The second-order valence-corrected chi connectivity index (χ2v) is 6.90. The summed E-state index contributed by atoms with van der Waals surface area (Å²) in [6.45, 7) is 4.88. The van der Waals surface area contributed by atoms with Crippen molar-refractivity contribution < 1.29 is 19.4 Å². The SMILES string of the molecule is CCCCCC(O)CCN(C)N(CCc1ccc(C(=O)OC)cc1)C(C)=O. The molecule has 0 bridgehead atoms. The fraction of sp³-hybridized carbons (Fsp3) is 0.619. The van der Waals surface area contributed by atoms with Crippen LogP contribution in [0.5, 0.6) is 0 Å². The van der Waals surface area contributed by atoms with Gasteiger partial charge in [0.05, 0.1) is 18.8 Å². The monoisotopic (exact) mass is 378 g/mol. The molecule has 0 aliphatic heterocycles. The number of esters is 1. The van der Waals surface area contributed by atoms with Crippen LogP contribution in [0.1, 0.15) is 61.9 Å². The first kappa shape index (κ1) is 23.1. The maximum Gasteiger partial charge on any atom is 0.337 e. The molecule has 6 heteroatoms. The lowest BCUT2D eigenvalue weighted by atomic mass is 10.1. The van der Waals surface area contributed by atoms with E-state index < -0.39 is 0 Å². The van der Waals surface area contributed by atoms with Gasteiger partial charge in [0.2, 0.25) is 5.91 Å². The quantitative estimate of drug-likeness (QED) is 0.344. The highest BCUT2D eigenvalue weighted by molar-refractivity contribution is 5.89. The van der Waals surface area contributed by atoms with Gasteiger partial charge in [0.1, 0.15) is 0 Å². The average molecular weight is 379 g/mol.